The van der Waals surface area contributed by atoms with Gasteiger partial charge in [-0.15, -0.1) is 0 Å². The summed E-state index contributed by atoms with van der Waals surface area (Å²) in [7, 11) is 1.61. The molecular formula is C18H16N4O2. The van der Waals surface area contributed by atoms with Gasteiger partial charge in [0.25, 0.3) is 5.56 Å². The largest absolute Gasteiger partial charge is 0.497 e. The second kappa shape index (κ2) is 7.23. The first kappa shape index (κ1) is 15.5. The molecule has 1 heterocycles. The second-order valence-corrected chi connectivity index (χ2v) is 4.99. The number of H-pyrrole nitrogens is 1. The van der Waals surface area contributed by atoms with Crippen molar-refractivity contribution >= 4 is 12.2 Å². The highest BCUT2D eigenvalue weighted by Gasteiger charge is 2.02. The quantitative estimate of drug-likeness (QED) is 0.559. The van der Waals surface area contributed by atoms with Gasteiger partial charge in [0, 0.05) is 11.6 Å². The van der Waals surface area contributed by atoms with Crippen LogP contribution < -0.4 is 15.7 Å². The van der Waals surface area contributed by atoms with E-state index in [0.29, 0.717) is 5.69 Å². The van der Waals surface area contributed by atoms with Crippen molar-refractivity contribution in [1.82, 2.24) is 9.97 Å². The Labute approximate surface area is 138 Å². The third kappa shape index (κ3) is 3.86. The van der Waals surface area contributed by atoms with Gasteiger partial charge in [-0.2, -0.15) is 5.10 Å². The number of aromatic nitrogens is 2. The Kier molecular flexibility index (Phi) is 4.67. The number of aromatic amines is 1. The van der Waals surface area contributed by atoms with Crippen LogP contribution in [0.25, 0.3) is 11.3 Å². The minimum absolute atomic E-state index is 0.247. The lowest BCUT2D eigenvalue weighted by Crippen LogP contribution is -2.10. The molecule has 0 radical (unpaired) electrons. The molecule has 0 aliphatic rings. The lowest BCUT2D eigenvalue weighted by Gasteiger charge is -2.04. The van der Waals surface area contributed by atoms with Gasteiger partial charge in [-0.05, 0) is 17.7 Å². The van der Waals surface area contributed by atoms with Gasteiger partial charge in [-0.1, -0.05) is 42.5 Å². The molecule has 0 aliphatic carbocycles. The van der Waals surface area contributed by atoms with Gasteiger partial charge in [0.15, 0.2) is 0 Å². The Morgan fingerprint density at radius 3 is 2.75 bits per heavy atom. The monoisotopic (exact) mass is 320 g/mol. The molecule has 0 saturated heterocycles. The van der Waals surface area contributed by atoms with Crippen LogP contribution in [-0.2, 0) is 0 Å². The SMILES string of the molecule is COc1cccc(/C=N\Nc2nc(-c3ccccc3)cc(=O)[nH]2)c1. The predicted octanol–water partition coefficient (Wildman–Crippen LogP) is 2.89. The smallest absolute Gasteiger partial charge is 0.252 e. The van der Waals surface area contributed by atoms with Crippen molar-refractivity contribution in [3.63, 3.8) is 0 Å². The molecule has 0 atom stereocenters. The summed E-state index contributed by atoms with van der Waals surface area (Å²) in [5.41, 5.74) is 4.81. The predicted molar refractivity (Wildman–Crippen MR) is 94.5 cm³/mol. The minimum atomic E-state index is -0.247. The fourth-order valence-corrected chi connectivity index (χ4v) is 2.16. The number of hydrogen-bond acceptors (Lipinski definition) is 5. The molecule has 1 aromatic heterocycles. The normalized spacial score (nSPS) is 10.7. The zero-order valence-corrected chi connectivity index (χ0v) is 13.1. The van der Waals surface area contributed by atoms with Gasteiger partial charge in [-0.3, -0.25) is 9.78 Å². The van der Waals surface area contributed by atoms with Crippen molar-refractivity contribution in [2.24, 2.45) is 5.10 Å². The lowest BCUT2D eigenvalue weighted by molar-refractivity contribution is 0.415. The van der Waals surface area contributed by atoms with Crippen molar-refractivity contribution in [1.29, 1.82) is 0 Å². The van der Waals surface area contributed by atoms with E-state index >= 15 is 0 Å². The number of hydrazone groups is 1. The van der Waals surface area contributed by atoms with E-state index in [2.05, 4.69) is 20.5 Å². The number of ether oxygens (including phenoxy) is 1. The number of methoxy groups -OCH3 is 1. The Morgan fingerprint density at radius 2 is 1.96 bits per heavy atom. The minimum Gasteiger partial charge on any atom is -0.497 e. The van der Waals surface area contributed by atoms with Crippen LogP contribution in [-0.4, -0.2) is 23.3 Å². The van der Waals surface area contributed by atoms with Crippen molar-refractivity contribution in [3.8, 4) is 17.0 Å². The van der Waals surface area contributed by atoms with Crippen LogP contribution in [0.4, 0.5) is 5.95 Å². The number of anilines is 1. The van der Waals surface area contributed by atoms with E-state index in [-0.39, 0.29) is 11.5 Å². The van der Waals surface area contributed by atoms with Crippen LogP contribution in [0.2, 0.25) is 0 Å². The summed E-state index contributed by atoms with van der Waals surface area (Å²) >= 11 is 0. The summed E-state index contributed by atoms with van der Waals surface area (Å²) in [6.45, 7) is 0. The average Bonchev–Trinajstić information content (AvgIpc) is 2.62. The van der Waals surface area contributed by atoms with Crippen LogP contribution in [0.15, 0.2) is 70.6 Å². The average molecular weight is 320 g/mol. The molecule has 120 valence electrons. The Hall–Kier alpha value is -3.41. The van der Waals surface area contributed by atoms with E-state index in [1.165, 1.54) is 6.07 Å². The topological polar surface area (TPSA) is 79.4 Å². The maximum Gasteiger partial charge on any atom is 0.252 e. The Bertz CT molecular complexity index is 904. The van der Waals surface area contributed by atoms with Crippen LogP contribution in [0.3, 0.4) is 0 Å². The summed E-state index contributed by atoms with van der Waals surface area (Å²) in [5.74, 6) is 1.03. The van der Waals surface area contributed by atoms with Crippen molar-refractivity contribution in [2.45, 2.75) is 0 Å². The first-order valence-corrected chi connectivity index (χ1v) is 7.34. The molecule has 3 aromatic rings. The van der Waals surface area contributed by atoms with Gasteiger partial charge in [0.1, 0.15) is 5.75 Å². The highest BCUT2D eigenvalue weighted by molar-refractivity contribution is 5.80. The molecule has 0 spiro atoms. The van der Waals surface area contributed by atoms with Crippen molar-refractivity contribution < 1.29 is 4.74 Å². The molecule has 0 unspecified atom stereocenters. The van der Waals surface area contributed by atoms with E-state index < -0.39 is 0 Å². The highest BCUT2D eigenvalue weighted by Crippen LogP contribution is 2.15. The molecular weight excluding hydrogens is 304 g/mol. The molecule has 6 heteroatoms. The molecule has 0 bridgehead atoms. The first-order valence-electron chi connectivity index (χ1n) is 7.34. The zero-order chi connectivity index (χ0) is 16.8. The fourth-order valence-electron chi connectivity index (χ4n) is 2.16. The highest BCUT2D eigenvalue weighted by atomic mass is 16.5. The molecule has 0 saturated carbocycles. The summed E-state index contributed by atoms with van der Waals surface area (Å²) in [5, 5.41) is 4.10. The zero-order valence-electron chi connectivity index (χ0n) is 13.1. The fraction of sp³-hybridized carbons (Fsp3) is 0.0556. The van der Waals surface area contributed by atoms with Gasteiger partial charge in [-0.25, -0.2) is 10.4 Å². The Morgan fingerprint density at radius 1 is 1.12 bits per heavy atom. The van der Waals surface area contributed by atoms with Gasteiger partial charge >= 0.3 is 0 Å². The molecule has 24 heavy (non-hydrogen) atoms. The Balaban J connectivity index is 1.79. The maximum absolute atomic E-state index is 11.8. The summed E-state index contributed by atoms with van der Waals surface area (Å²) in [4.78, 5) is 18.8. The summed E-state index contributed by atoms with van der Waals surface area (Å²) in [6.07, 6.45) is 1.62. The standard InChI is InChI=1S/C18H16N4O2/c1-24-15-9-5-6-13(10-15)12-19-22-18-20-16(11-17(23)21-18)14-7-3-2-4-8-14/h2-12H,1H3,(H2,20,21,22,23)/b19-12-. The maximum atomic E-state index is 11.8. The molecule has 2 aromatic carbocycles. The van der Waals surface area contributed by atoms with E-state index in [4.69, 9.17) is 4.74 Å². The molecule has 2 N–H and O–H groups in total. The summed E-state index contributed by atoms with van der Waals surface area (Å²) in [6, 6.07) is 18.4. The lowest BCUT2D eigenvalue weighted by atomic mass is 10.1. The van der Waals surface area contributed by atoms with Gasteiger partial charge < -0.3 is 4.74 Å². The van der Waals surface area contributed by atoms with Crippen molar-refractivity contribution in [3.05, 3.63) is 76.6 Å². The number of nitrogens with one attached hydrogen (secondary N) is 2. The van der Waals surface area contributed by atoms with Crippen LogP contribution in [0.5, 0.6) is 5.75 Å². The molecule has 0 fully saturated rings. The summed E-state index contributed by atoms with van der Waals surface area (Å²) < 4.78 is 5.16. The van der Waals surface area contributed by atoms with E-state index in [0.717, 1.165) is 16.9 Å². The van der Waals surface area contributed by atoms with Gasteiger partial charge in [0.05, 0.1) is 19.0 Å². The van der Waals surface area contributed by atoms with Gasteiger partial charge in [0.2, 0.25) is 5.95 Å². The van der Waals surface area contributed by atoms with E-state index in [9.17, 15) is 4.79 Å². The van der Waals surface area contributed by atoms with E-state index in [1.807, 2.05) is 54.6 Å². The molecule has 0 amide bonds. The second-order valence-electron chi connectivity index (χ2n) is 4.99. The molecule has 0 aliphatic heterocycles. The third-order valence-corrected chi connectivity index (χ3v) is 3.29. The van der Waals surface area contributed by atoms with Crippen LogP contribution >= 0.6 is 0 Å². The van der Waals surface area contributed by atoms with Crippen molar-refractivity contribution in [2.75, 3.05) is 12.5 Å². The number of hydrogen-bond donors (Lipinski definition) is 2. The first-order chi connectivity index (χ1) is 11.7. The number of rotatable bonds is 5. The van der Waals surface area contributed by atoms with E-state index in [1.54, 1.807) is 13.3 Å². The molecule has 6 nitrogen and oxygen atoms in total. The molecule has 3 rings (SSSR count). The van der Waals surface area contributed by atoms with Crippen LogP contribution in [0.1, 0.15) is 5.56 Å². The third-order valence-electron chi connectivity index (χ3n) is 3.29. The number of nitrogens with zero attached hydrogens (tertiary/aromatic N) is 2. The number of benzene rings is 2. The van der Waals surface area contributed by atoms with Crippen LogP contribution in [0, 0.1) is 0 Å².